The van der Waals surface area contributed by atoms with Gasteiger partial charge in [0, 0.05) is 11.1 Å². The van der Waals surface area contributed by atoms with Gasteiger partial charge in [-0.15, -0.1) is 0 Å². The minimum absolute atomic E-state index is 0.00543. The molecule has 1 aromatic heterocycles. The summed E-state index contributed by atoms with van der Waals surface area (Å²) in [6.45, 7) is 5.90. The molecular formula is C28H27FN2O6S. The highest BCUT2D eigenvalue weighted by atomic mass is 32.1. The van der Waals surface area contributed by atoms with Crippen molar-refractivity contribution in [2.75, 3.05) is 18.1 Å². The second kappa shape index (κ2) is 11.6. The Balaban J connectivity index is 1.86. The smallest absolute Gasteiger partial charge is 0.350 e. The minimum Gasteiger partial charge on any atom is -0.507 e. The molecule has 0 aliphatic carbocycles. The lowest BCUT2D eigenvalue weighted by Crippen LogP contribution is -2.29. The van der Waals surface area contributed by atoms with Crippen LogP contribution < -0.4 is 9.64 Å². The van der Waals surface area contributed by atoms with Crippen LogP contribution in [0.15, 0.2) is 54.1 Å². The number of nitrogens with zero attached hydrogens (tertiary/aromatic N) is 2. The Morgan fingerprint density at radius 2 is 1.92 bits per heavy atom. The lowest BCUT2D eigenvalue weighted by atomic mass is 9.95. The summed E-state index contributed by atoms with van der Waals surface area (Å²) in [4.78, 5) is 44.6. The normalized spacial score (nSPS) is 16.6. The average Bonchev–Trinajstić information content (AvgIpc) is 3.41. The van der Waals surface area contributed by atoms with Crippen molar-refractivity contribution in [1.29, 1.82) is 0 Å². The van der Waals surface area contributed by atoms with Crippen LogP contribution >= 0.6 is 11.3 Å². The van der Waals surface area contributed by atoms with Crippen molar-refractivity contribution in [1.82, 2.24) is 4.98 Å². The molecule has 1 atom stereocenters. The first-order valence-corrected chi connectivity index (χ1v) is 13.0. The molecule has 0 bridgehead atoms. The van der Waals surface area contributed by atoms with Crippen LogP contribution in [0.3, 0.4) is 0 Å². The summed E-state index contributed by atoms with van der Waals surface area (Å²) in [5.74, 6) is -3.29. The number of amides is 1. The van der Waals surface area contributed by atoms with Crippen molar-refractivity contribution in [3.63, 3.8) is 0 Å². The first kappa shape index (κ1) is 27.0. The third-order valence-electron chi connectivity index (χ3n) is 5.97. The largest absolute Gasteiger partial charge is 0.507 e. The van der Waals surface area contributed by atoms with Crippen LogP contribution in [0.2, 0.25) is 0 Å². The number of aryl methyl sites for hydroxylation is 1. The molecule has 2 aromatic carbocycles. The van der Waals surface area contributed by atoms with E-state index in [1.165, 1.54) is 18.2 Å². The number of rotatable bonds is 9. The topological polar surface area (TPSA) is 106 Å². The second-order valence-electron chi connectivity index (χ2n) is 8.55. The van der Waals surface area contributed by atoms with E-state index in [-0.39, 0.29) is 33.3 Å². The van der Waals surface area contributed by atoms with Gasteiger partial charge < -0.3 is 14.6 Å². The van der Waals surface area contributed by atoms with Gasteiger partial charge in [-0.25, -0.2) is 14.2 Å². The van der Waals surface area contributed by atoms with Crippen molar-refractivity contribution in [3.05, 3.63) is 81.6 Å². The molecule has 0 saturated carbocycles. The van der Waals surface area contributed by atoms with Gasteiger partial charge in [0.05, 0.1) is 24.5 Å². The number of ketones is 1. The predicted molar refractivity (Wildman–Crippen MR) is 141 cm³/mol. The first-order valence-electron chi connectivity index (χ1n) is 12.2. The van der Waals surface area contributed by atoms with Crippen LogP contribution in [0.1, 0.15) is 59.2 Å². The minimum atomic E-state index is -1.32. The van der Waals surface area contributed by atoms with Gasteiger partial charge >= 0.3 is 11.9 Å². The van der Waals surface area contributed by atoms with Gasteiger partial charge in [-0.3, -0.25) is 14.5 Å². The molecule has 1 unspecified atom stereocenters. The van der Waals surface area contributed by atoms with Gasteiger partial charge in [0.15, 0.2) is 5.13 Å². The van der Waals surface area contributed by atoms with Gasteiger partial charge in [0.25, 0.3) is 5.78 Å². The van der Waals surface area contributed by atoms with Crippen molar-refractivity contribution >= 4 is 39.9 Å². The number of aliphatic hydroxyl groups is 1. The Labute approximate surface area is 223 Å². The lowest BCUT2D eigenvalue weighted by molar-refractivity contribution is -0.132. The van der Waals surface area contributed by atoms with E-state index in [0.717, 1.165) is 29.1 Å². The molecule has 8 nitrogen and oxygen atoms in total. The van der Waals surface area contributed by atoms with Crippen LogP contribution in [0.5, 0.6) is 5.75 Å². The highest BCUT2D eigenvalue weighted by Gasteiger charge is 2.49. The van der Waals surface area contributed by atoms with Crippen molar-refractivity contribution in [2.45, 2.75) is 39.7 Å². The monoisotopic (exact) mass is 538 g/mol. The lowest BCUT2D eigenvalue weighted by Gasteiger charge is -2.23. The van der Waals surface area contributed by atoms with Crippen LogP contribution in [0.25, 0.3) is 5.76 Å². The number of ether oxygens (including phenoxy) is 2. The number of unbranched alkanes of at least 4 members (excludes halogenated alkanes) is 1. The summed E-state index contributed by atoms with van der Waals surface area (Å²) in [5.41, 5.74) is 0.237. The average molecular weight is 539 g/mol. The van der Waals surface area contributed by atoms with E-state index < -0.39 is 35.3 Å². The zero-order valence-corrected chi connectivity index (χ0v) is 22.0. The van der Waals surface area contributed by atoms with Gasteiger partial charge in [-0.05, 0) is 38.5 Å². The van der Waals surface area contributed by atoms with Crippen LogP contribution in [0.4, 0.5) is 9.52 Å². The number of benzene rings is 2. The number of carbonyl (C=O) groups is 3. The van der Waals surface area contributed by atoms with Gasteiger partial charge in [0.1, 0.15) is 28.2 Å². The third-order valence-corrected chi connectivity index (χ3v) is 7.11. The Kier molecular flexibility index (Phi) is 8.21. The molecule has 1 N–H and O–H groups in total. The maximum absolute atomic E-state index is 15.1. The second-order valence-corrected chi connectivity index (χ2v) is 9.53. The number of anilines is 1. The van der Waals surface area contributed by atoms with Crippen LogP contribution in [-0.2, 0) is 14.3 Å². The molecule has 1 amide bonds. The number of aliphatic hydroxyl groups excluding tert-OH is 1. The standard InChI is InChI=1S/C28H27FN2O6S/c1-4-6-14-37-18-11-9-10-17(15-18)23(32)21-22(19-12-7-8-13-20(19)29)31(26(34)24(21)33)28-30-16(3)25(38-28)27(35)36-5-2/h7-13,15,22,32H,4-6,14H2,1-3H3/b23-21+. The van der Waals surface area contributed by atoms with E-state index in [0.29, 0.717) is 18.1 Å². The number of Topliss-reactive ketones (excluding diaryl/α,β-unsaturated/α-hetero) is 1. The summed E-state index contributed by atoms with van der Waals surface area (Å²) < 4.78 is 25.9. The number of hydrogen-bond donors (Lipinski definition) is 1. The number of thiazole rings is 1. The van der Waals surface area contributed by atoms with Crippen molar-refractivity contribution < 1.29 is 33.4 Å². The Bertz CT molecular complexity index is 1420. The predicted octanol–water partition coefficient (Wildman–Crippen LogP) is 5.57. The molecular weight excluding hydrogens is 511 g/mol. The Morgan fingerprint density at radius 3 is 2.63 bits per heavy atom. The SMILES string of the molecule is CCCCOc1cccc(/C(O)=C2\C(=O)C(=O)N(c3nc(C)c(C(=O)OCC)s3)C2c2ccccc2F)c1. The van der Waals surface area contributed by atoms with E-state index >= 15 is 4.39 Å². The van der Waals surface area contributed by atoms with Gasteiger partial charge in [0.2, 0.25) is 0 Å². The van der Waals surface area contributed by atoms with E-state index in [9.17, 15) is 19.5 Å². The molecule has 1 fully saturated rings. The summed E-state index contributed by atoms with van der Waals surface area (Å²) >= 11 is 0.859. The quantitative estimate of drug-likeness (QED) is 0.125. The van der Waals surface area contributed by atoms with Gasteiger partial charge in [-0.2, -0.15) is 0 Å². The molecule has 38 heavy (non-hydrogen) atoms. The highest BCUT2D eigenvalue weighted by Crippen LogP contribution is 2.44. The molecule has 4 rings (SSSR count). The fraction of sp³-hybridized carbons (Fsp3) is 0.286. The molecule has 1 aliphatic rings. The fourth-order valence-electron chi connectivity index (χ4n) is 4.12. The molecule has 1 saturated heterocycles. The zero-order chi connectivity index (χ0) is 27.4. The molecule has 10 heteroatoms. The van der Waals surface area contributed by atoms with Crippen molar-refractivity contribution in [3.8, 4) is 5.75 Å². The maximum Gasteiger partial charge on any atom is 0.350 e. The molecule has 0 spiro atoms. The molecule has 0 radical (unpaired) electrons. The van der Waals surface area contributed by atoms with E-state index in [4.69, 9.17) is 9.47 Å². The fourth-order valence-corrected chi connectivity index (χ4v) is 5.10. The summed E-state index contributed by atoms with van der Waals surface area (Å²) in [6.07, 6.45) is 1.79. The van der Waals surface area contributed by atoms with Crippen LogP contribution in [0, 0.1) is 12.7 Å². The highest BCUT2D eigenvalue weighted by molar-refractivity contribution is 7.17. The zero-order valence-electron chi connectivity index (χ0n) is 21.2. The number of aromatic nitrogens is 1. The van der Waals surface area contributed by atoms with E-state index in [1.807, 2.05) is 6.92 Å². The summed E-state index contributed by atoms with van der Waals surface area (Å²) in [7, 11) is 0. The maximum atomic E-state index is 15.1. The van der Waals surface area contributed by atoms with Crippen molar-refractivity contribution in [2.24, 2.45) is 0 Å². The van der Waals surface area contributed by atoms with Gasteiger partial charge in [-0.1, -0.05) is 55.0 Å². The first-order chi connectivity index (χ1) is 18.3. The van der Waals surface area contributed by atoms with E-state index in [2.05, 4.69) is 4.98 Å². The molecule has 2 heterocycles. The molecule has 1 aliphatic heterocycles. The number of carbonyl (C=O) groups excluding carboxylic acids is 3. The van der Waals surface area contributed by atoms with E-state index in [1.54, 1.807) is 44.2 Å². The summed E-state index contributed by atoms with van der Waals surface area (Å²) in [5, 5.41) is 11.3. The Morgan fingerprint density at radius 1 is 1.16 bits per heavy atom. The number of hydrogen-bond acceptors (Lipinski definition) is 8. The Hall–Kier alpha value is -4.05. The number of esters is 1. The molecule has 198 valence electrons. The summed E-state index contributed by atoms with van der Waals surface area (Å²) in [6, 6.07) is 10.9. The third kappa shape index (κ3) is 5.17. The molecule has 3 aromatic rings. The number of halogens is 1. The van der Waals surface area contributed by atoms with Crippen LogP contribution in [-0.4, -0.2) is 41.0 Å².